The number of hydrogen-bond donors (Lipinski definition) is 1. The molecule has 0 unspecified atom stereocenters. The molecule has 0 aliphatic carbocycles. The first-order chi connectivity index (χ1) is 14.1. The lowest BCUT2D eigenvalue weighted by Gasteiger charge is -2.27. The van der Waals surface area contributed by atoms with E-state index in [1.807, 2.05) is 66.7 Å². The Labute approximate surface area is 177 Å². The Hall–Kier alpha value is -3.12. The maximum Gasteiger partial charge on any atom is 0.290 e. The summed E-state index contributed by atoms with van der Waals surface area (Å²) in [5.41, 5.74) is 3.02. The van der Waals surface area contributed by atoms with Crippen LogP contribution in [0.3, 0.4) is 0 Å². The Kier molecular flexibility index (Phi) is 5.36. The van der Waals surface area contributed by atoms with E-state index in [0.29, 0.717) is 17.9 Å². The number of benzene rings is 2. The van der Waals surface area contributed by atoms with Crippen molar-refractivity contribution in [1.29, 1.82) is 0 Å². The molecule has 0 radical (unpaired) electrons. The van der Waals surface area contributed by atoms with Crippen molar-refractivity contribution in [1.82, 2.24) is 9.88 Å². The van der Waals surface area contributed by atoms with E-state index >= 15 is 0 Å². The lowest BCUT2D eigenvalue weighted by atomic mass is 9.93. The van der Waals surface area contributed by atoms with Gasteiger partial charge in [-0.1, -0.05) is 46.3 Å². The molecule has 3 aromatic rings. The molecule has 29 heavy (non-hydrogen) atoms. The molecule has 1 atom stereocenters. The fourth-order valence-electron chi connectivity index (χ4n) is 3.54. The zero-order valence-electron chi connectivity index (χ0n) is 15.7. The van der Waals surface area contributed by atoms with E-state index < -0.39 is 11.9 Å². The zero-order chi connectivity index (χ0) is 20.4. The van der Waals surface area contributed by atoms with Gasteiger partial charge in [0.1, 0.15) is 5.75 Å². The van der Waals surface area contributed by atoms with Crippen LogP contribution < -0.4 is 4.74 Å². The van der Waals surface area contributed by atoms with Crippen LogP contribution in [0.5, 0.6) is 5.75 Å². The Morgan fingerprint density at radius 2 is 1.79 bits per heavy atom. The van der Waals surface area contributed by atoms with Crippen molar-refractivity contribution >= 4 is 27.4 Å². The predicted molar refractivity (Wildman–Crippen MR) is 114 cm³/mol. The average molecular weight is 451 g/mol. The first kappa shape index (κ1) is 19.2. The van der Waals surface area contributed by atoms with Crippen LogP contribution >= 0.6 is 15.9 Å². The number of nitrogens with zero attached hydrogens (tertiary/aromatic N) is 2. The minimum Gasteiger partial charge on any atom is -0.503 e. The predicted octanol–water partition coefficient (Wildman–Crippen LogP) is 4.91. The monoisotopic (exact) mass is 450 g/mol. The number of aromatic nitrogens is 1. The van der Waals surface area contributed by atoms with E-state index in [-0.39, 0.29) is 5.76 Å². The molecule has 146 valence electrons. The third kappa shape index (κ3) is 3.76. The first-order valence-corrected chi connectivity index (χ1v) is 9.91. The summed E-state index contributed by atoms with van der Waals surface area (Å²) in [6, 6.07) is 20.3. The highest BCUT2D eigenvalue weighted by atomic mass is 79.9. The SMILES string of the molecule is COc1ccc(C2=C(O)C(=O)N(Cc3ccccn3)[C@@H]2c2ccc(Br)cc2)cc1. The second kappa shape index (κ2) is 8.09. The number of rotatable bonds is 5. The van der Waals surface area contributed by atoms with Crippen LogP contribution in [0.1, 0.15) is 22.9 Å². The molecular weight excluding hydrogens is 432 g/mol. The van der Waals surface area contributed by atoms with E-state index in [4.69, 9.17) is 4.74 Å². The molecule has 1 aliphatic heterocycles. The van der Waals surface area contributed by atoms with E-state index in [1.165, 1.54) is 0 Å². The van der Waals surface area contributed by atoms with Crippen molar-refractivity contribution in [3.63, 3.8) is 0 Å². The van der Waals surface area contributed by atoms with Crippen LogP contribution in [0, 0.1) is 0 Å². The fourth-order valence-corrected chi connectivity index (χ4v) is 3.80. The van der Waals surface area contributed by atoms with Crippen LogP contribution in [0.15, 0.2) is 83.2 Å². The summed E-state index contributed by atoms with van der Waals surface area (Å²) in [4.78, 5) is 19.0. The van der Waals surface area contributed by atoms with Gasteiger partial charge in [0.2, 0.25) is 0 Å². The van der Waals surface area contributed by atoms with Gasteiger partial charge in [-0.2, -0.15) is 0 Å². The van der Waals surface area contributed by atoms with Crippen LogP contribution in [-0.4, -0.2) is 28.0 Å². The molecule has 5 nitrogen and oxygen atoms in total. The van der Waals surface area contributed by atoms with E-state index in [0.717, 1.165) is 21.3 Å². The number of carbonyl (C=O) groups is 1. The molecular formula is C23H19BrN2O3. The highest BCUT2D eigenvalue weighted by Gasteiger charge is 2.41. The van der Waals surface area contributed by atoms with Crippen molar-refractivity contribution in [2.24, 2.45) is 0 Å². The number of ether oxygens (including phenoxy) is 1. The molecule has 1 aromatic heterocycles. The van der Waals surface area contributed by atoms with Gasteiger partial charge in [0, 0.05) is 16.2 Å². The number of halogens is 1. The summed E-state index contributed by atoms with van der Waals surface area (Å²) >= 11 is 3.46. The van der Waals surface area contributed by atoms with E-state index in [9.17, 15) is 9.90 Å². The van der Waals surface area contributed by atoms with E-state index in [1.54, 1.807) is 18.2 Å². The van der Waals surface area contributed by atoms with Crippen molar-refractivity contribution in [3.05, 3.63) is 100.0 Å². The molecule has 0 bridgehead atoms. The van der Waals surface area contributed by atoms with Gasteiger partial charge in [-0.25, -0.2) is 0 Å². The van der Waals surface area contributed by atoms with Gasteiger partial charge < -0.3 is 14.7 Å². The second-order valence-corrected chi connectivity index (χ2v) is 7.61. The van der Waals surface area contributed by atoms with Gasteiger partial charge in [0.15, 0.2) is 5.76 Å². The minimum absolute atomic E-state index is 0.237. The molecule has 0 saturated carbocycles. The molecule has 2 heterocycles. The summed E-state index contributed by atoms with van der Waals surface area (Å²) in [6.45, 7) is 0.296. The van der Waals surface area contributed by atoms with Crippen molar-refractivity contribution in [2.45, 2.75) is 12.6 Å². The molecule has 0 fully saturated rings. The van der Waals surface area contributed by atoms with Crippen LogP contribution in [0.4, 0.5) is 0 Å². The molecule has 1 aliphatic rings. The maximum absolute atomic E-state index is 13.0. The molecule has 0 saturated heterocycles. The lowest BCUT2D eigenvalue weighted by Crippen LogP contribution is -2.30. The quantitative estimate of drug-likeness (QED) is 0.599. The molecule has 2 aromatic carbocycles. The standard InChI is InChI=1S/C23H19BrN2O3/c1-29-19-11-7-15(8-12-19)20-21(16-5-9-17(24)10-6-16)26(23(28)22(20)27)14-18-4-2-3-13-25-18/h2-13,21,27H,14H2,1H3/t21-/m1/s1. The van der Waals surface area contributed by atoms with Gasteiger partial charge in [0.05, 0.1) is 25.4 Å². The van der Waals surface area contributed by atoms with Gasteiger partial charge in [-0.3, -0.25) is 9.78 Å². The average Bonchev–Trinajstić information content (AvgIpc) is 3.00. The van der Waals surface area contributed by atoms with Gasteiger partial charge in [-0.05, 0) is 47.5 Å². The molecule has 6 heteroatoms. The Morgan fingerprint density at radius 3 is 2.41 bits per heavy atom. The number of amides is 1. The number of aliphatic hydroxyl groups excluding tert-OH is 1. The topological polar surface area (TPSA) is 62.7 Å². The number of carbonyl (C=O) groups excluding carboxylic acids is 1. The van der Waals surface area contributed by atoms with Gasteiger partial charge >= 0.3 is 0 Å². The molecule has 0 spiro atoms. The number of aliphatic hydroxyl groups is 1. The fraction of sp³-hybridized carbons (Fsp3) is 0.130. The molecule has 1 N–H and O–H groups in total. The van der Waals surface area contributed by atoms with Crippen molar-refractivity contribution in [2.75, 3.05) is 7.11 Å². The summed E-state index contributed by atoms with van der Waals surface area (Å²) in [7, 11) is 1.60. The summed E-state index contributed by atoms with van der Waals surface area (Å²) in [5.74, 6) is 0.0668. The number of methoxy groups -OCH3 is 1. The summed E-state index contributed by atoms with van der Waals surface area (Å²) < 4.78 is 6.18. The Bertz CT molecular complexity index is 1050. The normalized spacial score (nSPS) is 16.4. The highest BCUT2D eigenvalue weighted by molar-refractivity contribution is 9.10. The Balaban J connectivity index is 1.80. The van der Waals surface area contributed by atoms with Crippen LogP contribution in [-0.2, 0) is 11.3 Å². The minimum atomic E-state index is -0.425. The molecule has 4 rings (SSSR count). The van der Waals surface area contributed by atoms with Crippen LogP contribution in [0.2, 0.25) is 0 Å². The summed E-state index contributed by atoms with van der Waals surface area (Å²) in [5, 5.41) is 10.8. The maximum atomic E-state index is 13.0. The zero-order valence-corrected chi connectivity index (χ0v) is 17.3. The van der Waals surface area contributed by atoms with Crippen LogP contribution in [0.25, 0.3) is 5.57 Å². The number of pyridine rings is 1. The van der Waals surface area contributed by atoms with E-state index in [2.05, 4.69) is 20.9 Å². The third-order valence-corrected chi connectivity index (χ3v) is 5.48. The van der Waals surface area contributed by atoms with Crippen molar-refractivity contribution < 1.29 is 14.6 Å². The summed E-state index contributed by atoms with van der Waals surface area (Å²) in [6.07, 6.45) is 1.70. The van der Waals surface area contributed by atoms with Gasteiger partial charge in [0.25, 0.3) is 5.91 Å². The smallest absolute Gasteiger partial charge is 0.290 e. The molecule has 1 amide bonds. The Morgan fingerprint density at radius 1 is 1.07 bits per heavy atom. The second-order valence-electron chi connectivity index (χ2n) is 6.70. The first-order valence-electron chi connectivity index (χ1n) is 9.12. The van der Waals surface area contributed by atoms with Gasteiger partial charge in [-0.15, -0.1) is 0 Å². The largest absolute Gasteiger partial charge is 0.503 e. The highest BCUT2D eigenvalue weighted by Crippen LogP contribution is 2.44. The lowest BCUT2D eigenvalue weighted by molar-refractivity contribution is -0.130. The third-order valence-electron chi connectivity index (χ3n) is 4.95. The van der Waals surface area contributed by atoms with Crippen molar-refractivity contribution in [3.8, 4) is 5.75 Å². The number of hydrogen-bond acceptors (Lipinski definition) is 4.